The fraction of sp³-hybridized carbons (Fsp3) is 0.381. The minimum atomic E-state index is -0.540. The zero-order valence-corrected chi connectivity index (χ0v) is 16.4. The monoisotopic (exact) mass is 364 g/mol. The van der Waals surface area contributed by atoms with Crippen LogP contribution in [0.4, 0.5) is 5.69 Å². The highest BCUT2D eigenvalue weighted by Gasteiger charge is 2.26. The van der Waals surface area contributed by atoms with Crippen LogP contribution in [0.15, 0.2) is 47.2 Å². The minimum absolute atomic E-state index is 0.135. The van der Waals surface area contributed by atoms with E-state index in [1.54, 1.807) is 12.1 Å². The summed E-state index contributed by atoms with van der Waals surface area (Å²) in [4.78, 5) is 16.1. The first-order valence-electron chi connectivity index (χ1n) is 8.64. The lowest BCUT2D eigenvalue weighted by atomic mass is 10.1. The van der Waals surface area contributed by atoms with Gasteiger partial charge in [-0.25, -0.2) is 4.79 Å². The van der Waals surface area contributed by atoms with E-state index in [9.17, 15) is 15.3 Å². The zero-order valence-electron chi connectivity index (χ0n) is 16.4. The Morgan fingerprint density at radius 1 is 1.15 bits per heavy atom. The van der Waals surface area contributed by atoms with Crippen LogP contribution in [0.3, 0.4) is 0 Å². The van der Waals surface area contributed by atoms with Crippen LogP contribution in [0.25, 0.3) is 0 Å². The summed E-state index contributed by atoms with van der Waals surface area (Å²) < 4.78 is 5.38. The number of nitriles is 2. The number of anilines is 1. The van der Waals surface area contributed by atoms with Crippen molar-refractivity contribution in [3.63, 3.8) is 0 Å². The maximum Gasteiger partial charge on any atom is 0.338 e. The Kier molecular flexibility index (Phi) is 5.92. The zero-order chi connectivity index (χ0) is 20.2. The van der Waals surface area contributed by atoms with Gasteiger partial charge in [-0.2, -0.15) is 10.5 Å². The largest absolute Gasteiger partial charge is 0.456 e. The number of nitrogens with zero attached hydrogens (tertiary/aromatic N) is 4. The van der Waals surface area contributed by atoms with Crippen molar-refractivity contribution in [2.45, 2.75) is 26.4 Å². The van der Waals surface area contributed by atoms with Crippen molar-refractivity contribution in [3.8, 4) is 12.1 Å². The lowest BCUT2D eigenvalue weighted by molar-refractivity contribution is 0.00695. The van der Waals surface area contributed by atoms with Gasteiger partial charge in [0.15, 0.2) is 0 Å². The van der Waals surface area contributed by atoms with Crippen molar-refractivity contribution in [1.29, 1.82) is 10.5 Å². The van der Waals surface area contributed by atoms with Gasteiger partial charge in [-0.3, -0.25) is 0 Å². The van der Waals surface area contributed by atoms with Gasteiger partial charge in [0, 0.05) is 44.6 Å². The number of allylic oxidation sites excluding steroid dienone is 1. The molecule has 1 heterocycles. The third-order valence-electron chi connectivity index (χ3n) is 3.90. The highest BCUT2D eigenvalue weighted by Crippen LogP contribution is 2.30. The normalized spacial score (nSPS) is 15.3. The number of esters is 1. The van der Waals surface area contributed by atoms with Crippen molar-refractivity contribution in [1.82, 2.24) is 4.90 Å². The Hall–Kier alpha value is -3.25. The quantitative estimate of drug-likeness (QED) is 0.605. The third-order valence-corrected chi connectivity index (χ3v) is 3.90. The predicted molar refractivity (Wildman–Crippen MR) is 104 cm³/mol. The molecule has 1 aliphatic heterocycles. The standard InChI is InChI=1S/C21H24N4O2/c1-21(2,3)27-20(26)15-6-8-18(9-7-15)25-13-17(12-24(4)5)19(14-25)16(10-22)11-23/h6-9,12H,13-14H2,1-5H3. The summed E-state index contributed by atoms with van der Waals surface area (Å²) in [6.07, 6.45) is 1.93. The van der Waals surface area contributed by atoms with E-state index in [4.69, 9.17) is 4.74 Å². The Bertz CT molecular complexity index is 843. The fourth-order valence-electron chi connectivity index (χ4n) is 2.81. The number of carbonyl (C=O) groups excluding carboxylic acids is 1. The van der Waals surface area contributed by atoms with Gasteiger partial charge in [0.05, 0.1) is 5.56 Å². The molecule has 0 unspecified atom stereocenters. The van der Waals surface area contributed by atoms with Crippen molar-refractivity contribution in [2.75, 3.05) is 32.1 Å². The second kappa shape index (κ2) is 7.97. The molecular weight excluding hydrogens is 340 g/mol. The van der Waals surface area contributed by atoms with Crippen LogP contribution in [-0.4, -0.2) is 43.7 Å². The Balaban J connectivity index is 2.27. The van der Waals surface area contributed by atoms with Crippen LogP contribution in [0.1, 0.15) is 31.1 Å². The van der Waals surface area contributed by atoms with Crippen LogP contribution >= 0.6 is 0 Å². The molecule has 1 fully saturated rings. The van der Waals surface area contributed by atoms with E-state index in [-0.39, 0.29) is 11.5 Å². The van der Waals surface area contributed by atoms with Gasteiger partial charge in [-0.15, -0.1) is 0 Å². The molecule has 6 heteroatoms. The summed E-state index contributed by atoms with van der Waals surface area (Å²) in [5, 5.41) is 18.5. The topological polar surface area (TPSA) is 80.4 Å². The summed E-state index contributed by atoms with van der Waals surface area (Å²) in [6.45, 7) is 6.56. The molecule has 0 atom stereocenters. The molecule has 0 spiro atoms. The molecule has 6 nitrogen and oxygen atoms in total. The molecule has 0 aliphatic carbocycles. The molecular formula is C21H24N4O2. The van der Waals surface area contributed by atoms with Crippen LogP contribution in [0, 0.1) is 22.7 Å². The van der Waals surface area contributed by atoms with E-state index in [0.717, 1.165) is 16.8 Å². The molecule has 0 amide bonds. The van der Waals surface area contributed by atoms with Gasteiger partial charge >= 0.3 is 5.97 Å². The van der Waals surface area contributed by atoms with Crippen molar-refractivity contribution >= 4 is 11.7 Å². The van der Waals surface area contributed by atoms with Gasteiger partial charge in [-0.05, 0) is 50.6 Å². The number of rotatable bonds is 3. The summed E-state index contributed by atoms with van der Waals surface area (Å²) in [5.41, 5.74) is 2.68. The number of benzene rings is 1. The molecule has 27 heavy (non-hydrogen) atoms. The van der Waals surface area contributed by atoms with Crippen LogP contribution in [-0.2, 0) is 4.74 Å². The van der Waals surface area contributed by atoms with Gasteiger partial charge in [0.1, 0.15) is 23.3 Å². The van der Waals surface area contributed by atoms with E-state index >= 15 is 0 Å². The Morgan fingerprint density at radius 3 is 2.22 bits per heavy atom. The Morgan fingerprint density at radius 2 is 1.74 bits per heavy atom. The smallest absolute Gasteiger partial charge is 0.338 e. The molecule has 1 aliphatic rings. The number of carbonyl (C=O) groups is 1. The molecule has 1 aromatic carbocycles. The summed E-state index contributed by atoms with van der Waals surface area (Å²) in [7, 11) is 3.81. The van der Waals surface area contributed by atoms with E-state index < -0.39 is 5.60 Å². The molecule has 0 saturated carbocycles. The number of hydrogen-bond donors (Lipinski definition) is 0. The number of ether oxygens (including phenoxy) is 1. The van der Waals surface area contributed by atoms with Gasteiger partial charge in [0.25, 0.3) is 0 Å². The number of hydrogen-bond acceptors (Lipinski definition) is 6. The SMILES string of the molecule is CN(C)C=C1CN(c2ccc(C(=O)OC(C)(C)C)cc2)CC1=C(C#N)C#N. The summed E-state index contributed by atoms with van der Waals surface area (Å²) in [6, 6.07) is 11.1. The predicted octanol–water partition coefficient (Wildman–Crippen LogP) is 3.25. The van der Waals surface area contributed by atoms with Gasteiger partial charge in [0.2, 0.25) is 0 Å². The highest BCUT2D eigenvalue weighted by molar-refractivity contribution is 5.90. The fourth-order valence-corrected chi connectivity index (χ4v) is 2.81. The highest BCUT2D eigenvalue weighted by atomic mass is 16.6. The first-order valence-corrected chi connectivity index (χ1v) is 8.64. The lowest BCUT2D eigenvalue weighted by Crippen LogP contribution is -2.24. The van der Waals surface area contributed by atoms with E-state index in [1.807, 2.05) is 70.2 Å². The van der Waals surface area contributed by atoms with Crippen LogP contribution < -0.4 is 4.90 Å². The van der Waals surface area contributed by atoms with Crippen LogP contribution in [0.2, 0.25) is 0 Å². The van der Waals surface area contributed by atoms with Gasteiger partial charge < -0.3 is 14.5 Å². The van der Waals surface area contributed by atoms with Crippen molar-refractivity contribution in [3.05, 3.63) is 52.7 Å². The molecule has 1 aromatic rings. The summed E-state index contributed by atoms with van der Waals surface area (Å²) in [5.74, 6) is -0.361. The van der Waals surface area contributed by atoms with E-state index in [1.165, 1.54) is 0 Å². The van der Waals surface area contributed by atoms with Crippen molar-refractivity contribution in [2.24, 2.45) is 0 Å². The summed E-state index contributed by atoms with van der Waals surface area (Å²) >= 11 is 0. The van der Waals surface area contributed by atoms with Crippen LogP contribution in [0.5, 0.6) is 0 Å². The second-order valence-electron chi connectivity index (χ2n) is 7.60. The third kappa shape index (κ3) is 5.12. The second-order valence-corrected chi connectivity index (χ2v) is 7.60. The average Bonchev–Trinajstić information content (AvgIpc) is 2.98. The Labute approximate surface area is 160 Å². The first-order chi connectivity index (χ1) is 12.6. The maximum atomic E-state index is 12.2. The van der Waals surface area contributed by atoms with E-state index in [0.29, 0.717) is 18.7 Å². The molecule has 0 bridgehead atoms. The molecule has 2 rings (SSSR count). The average molecular weight is 364 g/mol. The molecule has 1 saturated heterocycles. The van der Waals surface area contributed by atoms with E-state index in [2.05, 4.69) is 4.90 Å². The maximum absolute atomic E-state index is 12.2. The molecule has 0 aromatic heterocycles. The minimum Gasteiger partial charge on any atom is -0.456 e. The lowest BCUT2D eigenvalue weighted by Gasteiger charge is -2.20. The van der Waals surface area contributed by atoms with Crippen molar-refractivity contribution < 1.29 is 9.53 Å². The molecule has 0 N–H and O–H groups in total. The first kappa shape index (κ1) is 20.1. The molecule has 140 valence electrons. The van der Waals surface area contributed by atoms with Gasteiger partial charge in [-0.1, -0.05) is 0 Å². The molecule has 0 radical (unpaired) electrons.